The van der Waals surface area contributed by atoms with Gasteiger partial charge in [0.15, 0.2) is 0 Å². The fourth-order valence-corrected chi connectivity index (χ4v) is 4.85. The Morgan fingerprint density at radius 2 is 1.88 bits per heavy atom. The highest BCUT2D eigenvalue weighted by Crippen LogP contribution is 2.40. The summed E-state index contributed by atoms with van der Waals surface area (Å²) in [7, 11) is 1.63. The number of carbonyl (C=O) groups is 1. The fraction of sp³-hybridized carbons (Fsp3) is 0.280. The van der Waals surface area contributed by atoms with Crippen LogP contribution in [0.15, 0.2) is 52.6 Å². The van der Waals surface area contributed by atoms with Crippen molar-refractivity contribution < 1.29 is 14.3 Å². The molecule has 1 unspecified atom stereocenters. The molecule has 0 radical (unpaired) electrons. The van der Waals surface area contributed by atoms with E-state index in [1.165, 1.54) is 11.3 Å². The number of pyridine rings is 1. The quantitative estimate of drug-likeness (QED) is 0.267. The maximum atomic E-state index is 12.4. The molecule has 8 heteroatoms. The largest absolute Gasteiger partial charge is 0.496 e. The van der Waals surface area contributed by atoms with E-state index in [-0.39, 0.29) is 5.56 Å². The number of carbonyl (C=O) groups excluding carboxylic acids is 1. The highest BCUT2D eigenvalue weighted by Gasteiger charge is 2.19. The zero-order chi connectivity index (χ0) is 23.8. The van der Waals surface area contributed by atoms with Crippen LogP contribution in [0, 0.1) is 0 Å². The van der Waals surface area contributed by atoms with Crippen LogP contribution in [0.5, 0.6) is 5.75 Å². The van der Waals surface area contributed by atoms with Crippen molar-refractivity contribution in [2.24, 2.45) is 0 Å². The number of nitrogens with one attached hydrogen (secondary N) is 2. The lowest BCUT2D eigenvalue weighted by Gasteiger charge is -2.21. The second-order valence-electron chi connectivity index (χ2n) is 8.70. The van der Waals surface area contributed by atoms with E-state index in [0.717, 1.165) is 38.7 Å². The summed E-state index contributed by atoms with van der Waals surface area (Å²) in [5, 5.41) is 6.41. The molecule has 0 saturated heterocycles. The lowest BCUT2D eigenvalue weighted by molar-refractivity contribution is 0.0521. The van der Waals surface area contributed by atoms with Gasteiger partial charge in [0.25, 0.3) is 5.56 Å². The van der Waals surface area contributed by atoms with Gasteiger partial charge in [0.1, 0.15) is 21.6 Å². The lowest BCUT2D eigenvalue weighted by Crippen LogP contribution is -2.37. The Hall–Kier alpha value is -3.03. The molecule has 2 aromatic carbocycles. The third kappa shape index (κ3) is 4.99. The van der Waals surface area contributed by atoms with Gasteiger partial charge in [-0.05, 0) is 55.5 Å². The summed E-state index contributed by atoms with van der Waals surface area (Å²) in [6.45, 7) is 5.40. The van der Waals surface area contributed by atoms with E-state index in [0.29, 0.717) is 11.1 Å². The van der Waals surface area contributed by atoms with Crippen LogP contribution < -0.4 is 15.6 Å². The van der Waals surface area contributed by atoms with Crippen molar-refractivity contribution in [1.29, 1.82) is 0 Å². The van der Waals surface area contributed by atoms with Crippen molar-refractivity contribution in [2.45, 2.75) is 38.3 Å². The molecule has 4 aromatic rings. The summed E-state index contributed by atoms with van der Waals surface area (Å²) < 4.78 is 11.6. The molecule has 0 aliphatic heterocycles. The number of aromatic amines is 1. The molecule has 33 heavy (non-hydrogen) atoms. The number of ether oxygens (including phenoxy) is 2. The molecule has 0 fully saturated rings. The van der Waals surface area contributed by atoms with Crippen molar-refractivity contribution in [3.63, 3.8) is 0 Å². The Labute approximate surface area is 200 Å². The number of rotatable bonds is 5. The summed E-state index contributed by atoms with van der Waals surface area (Å²) in [5.74, 6) is 0.719. The number of alkyl halides is 1. The summed E-state index contributed by atoms with van der Waals surface area (Å²) in [6, 6.07) is 13.6. The van der Waals surface area contributed by atoms with Crippen LogP contribution in [0.1, 0.15) is 26.3 Å². The molecule has 2 heterocycles. The average Bonchev–Trinajstić information content (AvgIpc) is 3.23. The predicted octanol–water partition coefficient (Wildman–Crippen LogP) is 6.05. The van der Waals surface area contributed by atoms with E-state index in [1.807, 2.05) is 47.8 Å². The van der Waals surface area contributed by atoms with Gasteiger partial charge in [0.05, 0.1) is 7.11 Å². The van der Waals surface area contributed by atoms with Crippen molar-refractivity contribution in [2.75, 3.05) is 7.11 Å². The van der Waals surface area contributed by atoms with Crippen LogP contribution in [0.3, 0.4) is 0 Å². The van der Waals surface area contributed by atoms with Gasteiger partial charge in [0, 0.05) is 28.3 Å². The normalized spacial score (nSPS) is 12.6. The number of amides is 1. The van der Waals surface area contributed by atoms with E-state index in [1.54, 1.807) is 27.9 Å². The van der Waals surface area contributed by atoms with Gasteiger partial charge in [-0.2, -0.15) is 0 Å². The molecule has 172 valence electrons. The minimum absolute atomic E-state index is 0.0930. The molecule has 0 spiro atoms. The Morgan fingerprint density at radius 3 is 2.55 bits per heavy atom. The first kappa shape index (κ1) is 23.1. The van der Waals surface area contributed by atoms with E-state index >= 15 is 0 Å². The van der Waals surface area contributed by atoms with Gasteiger partial charge in [-0.3, -0.25) is 4.79 Å². The van der Waals surface area contributed by atoms with Gasteiger partial charge in [-0.15, -0.1) is 11.3 Å². The number of fused-ring (bicyclic) bond motifs is 3. The lowest BCUT2D eigenvalue weighted by atomic mass is 9.96. The van der Waals surface area contributed by atoms with Crippen LogP contribution >= 0.6 is 22.9 Å². The topological polar surface area (TPSA) is 80.4 Å². The number of benzene rings is 2. The molecule has 6 nitrogen and oxygen atoms in total. The van der Waals surface area contributed by atoms with E-state index in [2.05, 4.69) is 10.3 Å². The number of alkyl carbamates (subject to hydrolysis) is 1. The third-order valence-corrected chi connectivity index (χ3v) is 6.28. The minimum atomic E-state index is -0.603. The van der Waals surface area contributed by atoms with Crippen molar-refractivity contribution >= 4 is 50.0 Å². The average molecular weight is 485 g/mol. The van der Waals surface area contributed by atoms with Gasteiger partial charge < -0.3 is 19.8 Å². The molecular weight excluding hydrogens is 460 g/mol. The van der Waals surface area contributed by atoms with Gasteiger partial charge in [-0.1, -0.05) is 35.9 Å². The standard InChI is InChI=1S/C25H25ClN2O4S/c1-25(2,3)32-24(30)28-19(26)13-14-5-7-15(8-6-14)20-18(31-4)10-9-17-21(20)16-11-12-33-22(16)23(29)27-17/h5-12,19H,13H2,1-4H3,(H,27,29)(H,28,30). The third-order valence-electron chi connectivity index (χ3n) is 5.11. The Morgan fingerprint density at radius 1 is 1.15 bits per heavy atom. The Bertz CT molecular complexity index is 1370. The van der Waals surface area contributed by atoms with Crippen LogP contribution in [0.2, 0.25) is 0 Å². The number of H-pyrrole nitrogens is 1. The maximum absolute atomic E-state index is 12.4. The predicted molar refractivity (Wildman–Crippen MR) is 135 cm³/mol. The number of thiophene rings is 1. The molecule has 2 aromatic heterocycles. The van der Waals surface area contributed by atoms with Crippen LogP contribution in [0.4, 0.5) is 4.79 Å². The monoisotopic (exact) mass is 484 g/mol. The summed E-state index contributed by atoms with van der Waals surface area (Å²) in [4.78, 5) is 27.4. The minimum Gasteiger partial charge on any atom is -0.496 e. The first-order valence-electron chi connectivity index (χ1n) is 10.5. The van der Waals surface area contributed by atoms with Crippen molar-refractivity contribution in [3.8, 4) is 16.9 Å². The molecule has 2 N–H and O–H groups in total. The molecular formula is C25H25ClN2O4S. The first-order valence-corrected chi connectivity index (χ1v) is 11.8. The van der Waals surface area contributed by atoms with E-state index < -0.39 is 17.2 Å². The molecule has 0 bridgehead atoms. The Kier molecular flexibility index (Phi) is 6.36. The summed E-state index contributed by atoms with van der Waals surface area (Å²) in [5.41, 5.74) is 2.30. The van der Waals surface area contributed by atoms with E-state index in [9.17, 15) is 9.59 Å². The fourth-order valence-electron chi connectivity index (χ4n) is 3.79. The molecule has 4 rings (SSSR count). The zero-order valence-corrected chi connectivity index (χ0v) is 20.4. The van der Waals surface area contributed by atoms with Crippen molar-refractivity contribution in [3.05, 3.63) is 63.8 Å². The van der Waals surface area contributed by atoms with Crippen LogP contribution in [-0.4, -0.2) is 29.3 Å². The zero-order valence-electron chi connectivity index (χ0n) is 18.8. The molecule has 0 aliphatic carbocycles. The summed E-state index contributed by atoms with van der Waals surface area (Å²) >= 11 is 7.74. The molecule has 0 saturated carbocycles. The van der Waals surface area contributed by atoms with Gasteiger partial charge in [0.2, 0.25) is 0 Å². The number of methoxy groups -OCH3 is 1. The van der Waals surface area contributed by atoms with E-state index in [4.69, 9.17) is 21.1 Å². The maximum Gasteiger partial charge on any atom is 0.408 e. The van der Waals surface area contributed by atoms with Gasteiger partial charge in [-0.25, -0.2) is 4.79 Å². The highest BCUT2D eigenvalue weighted by atomic mass is 35.5. The first-order chi connectivity index (χ1) is 15.7. The summed E-state index contributed by atoms with van der Waals surface area (Å²) in [6.07, 6.45) is -0.107. The second kappa shape index (κ2) is 9.08. The number of hydrogen-bond donors (Lipinski definition) is 2. The Balaban J connectivity index is 1.65. The second-order valence-corrected chi connectivity index (χ2v) is 10.1. The SMILES string of the molecule is COc1ccc2[nH]c(=O)c3sccc3c2c1-c1ccc(CC(Cl)NC(=O)OC(C)(C)C)cc1. The number of aromatic nitrogens is 1. The van der Waals surface area contributed by atoms with Crippen LogP contribution in [0.25, 0.3) is 32.1 Å². The van der Waals surface area contributed by atoms with Crippen molar-refractivity contribution in [1.82, 2.24) is 10.3 Å². The number of hydrogen-bond acceptors (Lipinski definition) is 5. The number of halogens is 1. The van der Waals surface area contributed by atoms with Crippen LogP contribution in [-0.2, 0) is 11.2 Å². The highest BCUT2D eigenvalue weighted by molar-refractivity contribution is 7.17. The van der Waals surface area contributed by atoms with Gasteiger partial charge >= 0.3 is 6.09 Å². The molecule has 1 amide bonds. The molecule has 0 aliphatic rings. The molecule has 1 atom stereocenters. The smallest absolute Gasteiger partial charge is 0.408 e.